The van der Waals surface area contributed by atoms with Gasteiger partial charge >= 0.3 is 6.09 Å². The van der Waals surface area contributed by atoms with E-state index in [2.05, 4.69) is 21.2 Å². The summed E-state index contributed by atoms with van der Waals surface area (Å²) in [6, 6.07) is 8.09. The smallest absolute Gasteiger partial charge is 0.408 e. The number of benzene rings is 1. The zero-order valence-corrected chi connectivity index (χ0v) is 13.8. The first-order valence-corrected chi connectivity index (χ1v) is 7.12. The van der Waals surface area contributed by atoms with Gasteiger partial charge in [0.15, 0.2) is 0 Å². The number of alkyl carbamates (subject to hydrolysis) is 1. The minimum atomic E-state index is -0.474. The second-order valence-electron chi connectivity index (χ2n) is 6.31. The number of nitrogens with one attached hydrogen (secondary N) is 1. The van der Waals surface area contributed by atoms with E-state index < -0.39 is 5.60 Å². The molecule has 3 nitrogen and oxygen atoms in total. The van der Waals surface area contributed by atoms with Gasteiger partial charge in [0.2, 0.25) is 0 Å². The monoisotopic (exact) mass is 327 g/mol. The molecular weight excluding hydrogens is 306 g/mol. The first kappa shape index (κ1) is 16.0. The first-order chi connectivity index (χ1) is 8.57. The minimum absolute atomic E-state index is 0.351. The van der Waals surface area contributed by atoms with E-state index in [0.29, 0.717) is 0 Å². The summed E-state index contributed by atoms with van der Waals surface area (Å²) < 4.78 is 6.32. The lowest BCUT2D eigenvalue weighted by Crippen LogP contribution is -2.47. The van der Waals surface area contributed by atoms with E-state index in [1.165, 1.54) is 5.56 Å². The Morgan fingerprint density at radius 2 is 1.68 bits per heavy atom. The normalized spacial score (nSPS) is 12.1. The van der Waals surface area contributed by atoms with Crippen LogP contribution in [0, 0.1) is 0 Å². The predicted molar refractivity (Wildman–Crippen MR) is 81.3 cm³/mol. The van der Waals surface area contributed by atoms with Crippen LogP contribution in [0.15, 0.2) is 28.7 Å². The maximum Gasteiger partial charge on any atom is 0.408 e. The van der Waals surface area contributed by atoms with Gasteiger partial charge < -0.3 is 10.1 Å². The Labute approximate surface area is 123 Å². The maximum absolute atomic E-state index is 11.8. The molecule has 106 valence electrons. The van der Waals surface area contributed by atoms with Gasteiger partial charge in [0.05, 0.1) is 0 Å². The van der Waals surface area contributed by atoms with Crippen molar-refractivity contribution in [2.24, 2.45) is 0 Å². The molecule has 1 rings (SSSR count). The van der Waals surface area contributed by atoms with E-state index in [9.17, 15) is 4.79 Å². The van der Waals surface area contributed by atoms with Gasteiger partial charge in [-0.3, -0.25) is 0 Å². The zero-order chi connectivity index (χ0) is 14.7. The van der Waals surface area contributed by atoms with Crippen molar-refractivity contribution in [3.63, 3.8) is 0 Å². The Hall–Kier alpha value is -1.03. The zero-order valence-electron chi connectivity index (χ0n) is 12.2. The molecule has 0 unspecified atom stereocenters. The molecule has 1 aromatic carbocycles. The molecule has 0 aliphatic heterocycles. The summed E-state index contributed by atoms with van der Waals surface area (Å²) in [7, 11) is 0. The van der Waals surface area contributed by atoms with Gasteiger partial charge in [-0.2, -0.15) is 0 Å². The van der Waals surface area contributed by atoms with Crippen molar-refractivity contribution in [3.05, 3.63) is 34.3 Å². The van der Waals surface area contributed by atoms with Crippen molar-refractivity contribution >= 4 is 22.0 Å². The molecule has 0 fully saturated rings. The average Bonchev–Trinajstić information content (AvgIpc) is 2.17. The van der Waals surface area contributed by atoms with Crippen LogP contribution in [0.1, 0.15) is 40.2 Å². The number of rotatable bonds is 3. The summed E-state index contributed by atoms with van der Waals surface area (Å²) in [6.07, 6.45) is 0.370. The highest BCUT2D eigenvalue weighted by Crippen LogP contribution is 2.17. The number of hydrogen-bond donors (Lipinski definition) is 1. The molecule has 0 aromatic heterocycles. The highest BCUT2D eigenvalue weighted by Gasteiger charge is 2.24. The SMILES string of the molecule is CC(C)(Cc1ccc(Br)cc1)NC(=O)OC(C)(C)C. The largest absolute Gasteiger partial charge is 0.444 e. The molecular formula is C15H22BrNO2. The van der Waals surface area contributed by atoms with Crippen molar-refractivity contribution in [1.82, 2.24) is 5.32 Å². The average molecular weight is 328 g/mol. The molecule has 0 heterocycles. The molecule has 0 spiro atoms. The van der Waals surface area contributed by atoms with Crippen LogP contribution in [-0.4, -0.2) is 17.2 Å². The molecule has 0 aliphatic carbocycles. The van der Waals surface area contributed by atoms with Crippen molar-refractivity contribution in [3.8, 4) is 0 Å². The van der Waals surface area contributed by atoms with Gasteiger partial charge in [-0.05, 0) is 58.7 Å². The molecule has 0 atom stereocenters. The first-order valence-electron chi connectivity index (χ1n) is 6.33. The predicted octanol–water partition coefficient (Wildman–Crippen LogP) is 4.29. The van der Waals surface area contributed by atoms with Gasteiger partial charge in [0.25, 0.3) is 0 Å². The minimum Gasteiger partial charge on any atom is -0.444 e. The lowest BCUT2D eigenvalue weighted by Gasteiger charge is -2.28. The highest BCUT2D eigenvalue weighted by molar-refractivity contribution is 9.10. The summed E-state index contributed by atoms with van der Waals surface area (Å²) in [4.78, 5) is 11.8. The summed E-state index contributed by atoms with van der Waals surface area (Å²) in [5.41, 5.74) is 0.345. The molecule has 0 saturated carbocycles. The maximum atomic E-state index is 11.8. The van der Waals surface area contributed by atoms with Crippen LogP contribution < -0.4 is 5.32 Å². The van der Waals surface area contributed by atoms with E-state index in [0.717, 1.165) is 10.9 Å². The number of ether oxygens (including phenoxy) is 1. The van der Waals surface area contributed by atoms with Crippen LogP contribution in [0.25, 0.3) is 0 Å². The summed E-state index contributed by atoms with van der Waals surface area (Å²) in [5.74, 6) is 0. The summed E-state index contributed by atoms with van der Waals surface area (Å²) in [6.45, 7) is 9.54. The van der Waals surface area contributed by atoms with E-state index >= 15 is 0 Å². The van der Waals surface area contributed by atoms with Crippen LogP contribution in [-0.2, 0) is 11.2 Å². The summed E-state index contributed by atoms with van der Waals surface area (Å²) in [5, 5.41) is 2.90. The molecule has 0 bridgehead atoms. The third kappa shape index (κ3) is 6.62. The number of halogens is 1. The van der Waals surface area contributed by atoms with Crippen molar-refractivity contribution in [2.75, 3.05) is 0 Å². The molecule has 0 aliphatic rings. The van der Waals surface area contributed by atoms with Crippen LogP contribution in [0.3, 0.4) is 0 Å². The lowest BCUT2D eigenvalue weighted by atomic mass is 9.95. The van der Waals surface area contributed by atoms with Crippen LogP contribution in [0.5, 0.6) is 0 Å². The number of amides is 1. The van der Waals surface area contributed by atoms with Crippen LogP contribution >= 0.6 is 15.9 Å². The van der Waals surface area contributed by atoms with Gasteiger partial charge in [0, 0.05) is 10.0 Å². The van der Waals surface area contributed by atoms with Gasteiger partial charge in [-0.1, -0.05) is 28.1 Å². The second-order valence-corrected chi connectivity index (χ2v) is 7.23. The topological polar surface area (TPSA) is 38.3 Å². The number of carbonyl (C=O) groups is 1. The Bertz CT molecular complexity index is 432. The van der Waals surface area contributed by atoms with E-state index in [4.69, 9.17) is 4.74 Å². The van der Waals surface area contributed by atoms with Gasteiger partial charge in [-0.25, -0.2) is 4.79 Å². The quantitative estimate of drug-likeness (QED) is 0.899. The van der Waals surface area contributed by atoms with Gasteiger partial charge in [0.1, 0.15) is 5.60 Å². The Balaban J connectivity index is 2.61. The van der Waals surface area contributed by atoms with E-state index in [1.807, 2.05) is 58.9 Å². The summed E-state index contributed by atoms with van der Waals surface area (Å²) >= 11 is 3.41. The van der Waals surface area contributed by atoms with Crippen molar-refractivity contribution < 1.29 is 9.53 Å². The number of carbonyl (C=O) groups excluding carboxylic acids is 1. The van der Waals surface area contributed by atoms with E-state index in [1.54, 1.807) is 0 Å². The van der Waals surface area contributed by atoms with Crippen molar-refractivity contribution in [2.45, 2.75) is 52.2 Å². The van der Waals surface area contributed by atoms with Crippen molar-refractivity contribution in [1.29, 1.82) is 0 Å². The fourth-order valence-corrected chi connectivity index (χ4v) is 2.00. The lowest BCUT2D eigenvalue weighted by molar-refractivity contribution is 0.0472. The fourth-order valence-electron chi connectivity index (χ4n) is 1.74. The Kier molecular flexibility index (Phi) is 5.02. The molecule has 4 heteroatoms. The standard InChI is InChI=1S/C15H22BrNO2/c1-14(2,3)19-13(18)17-15(4,5)10-11-6-8-12(16)9-7-11/h6-9H,10H2,1-5H3,(H,17,18). The van der Waals surface area contributed by atoms with E-state index in [-0.39, 0.29) is 11.6 Å². The third-order valence-electron chi connectivity index (χ3n) is 2.40. The van der Waals surface area contributed by atoms with Crippen LogP contribution in [0.4, 0.5) is 4.79 Å². The molecule has 1 aromatic rings. The molecule has 1 N–H and O–H groups in total. The molecule has 19 heavy (non-hydrogen) atoms. The number of hydrogen-bond acceptors (Lipinski definition) is 2. The molecule has 0 radical (unpaired) electrons. The molecule has 1 amide bonds. The third-order valence-corrected chi connectivity index (χ3v) is 2.93. The van der Waals surface area contributed by atoms with Gasteiger partial charge in [-0.15, -0.1) is 0 Å². The second kappa shape index (κ2) is 5.95. The fraction of sp³-hybridized carbons (Fsp3) is 0.533. The Morgan fingerprint density at radius 1 is 1.16 bits per heavy atom. The Morgan fingerprint density at radius 3 is 2.16 bits per heavy atom. The van der Waals surface area contributed by atoms with Crippen LogP contribution in [0.2, 0.25) is 0 Å². The highest BCUT2D eigenvalue weighted by atomic mass is 79.9. The molecule has 0 saturated heterocycles.